The molecular formula is C20H28N4O2S. The summed E-state index contributed by atoms with van der Waals surface area (Å²) < 4.78 is 7.67. The first-order valence-electron chi connectivity index (χ1n) is 10.1. The molecular weight excluding hydrogens is 360 g/mol. The molecule has 6 nitrogen and oxygen atoms in total. The van der Waals surface area contributed by atoms with Crippen molar-refractivity contribution in [1.82, 2.24) is 19.7 Å². The molecule has 3 heterocycles. The number of furan rings is 1. The van der Waals surface area contributed by atoms with Crippen LogP contribution in [-0.4, -0.2) is 43.4 Å². The van der Waals surface area contributed by atoms with Gasteiger partial charge in [-0.1, -0.05) is 18.7 Å². The van der Waals surface area contributed by atoms with Crippen molar-refractivity contribution in [3.05, 3.63) is 30.0 Å². The number of likely N-dealkylation sites (tertiary alicyclic amines) is 1. The van der Waals surface area contributed by atoms with Crippen molar-refractivity contribution < 1.29 is 9.21 Å². The monoisotopic (exact) mass is 388 g/mol. The zero-order chi connectivity index (χ0) is 18.8. The molecule has 1 saturated carbocycles. The van der Waals surface area contributed by atoms with Gasteiger partial charge in [-0.05, 0) is 57.6 Å². The molecule has 2 aromatic heterocycles. The molecule has 0 bridgehead atoms. The molecule has 27 heavy (non-hydrogen) atoms. The molecule has 0 spiro atoms. The summed E-state index contributed by atoms with van der Waals surface area (Å²) in [5.41, 5.74) is 0. The van der Waals surface area contributed by atoms with Crippen molar-refractivity contribution in [2.45, 2.75) is 81.3 Å². The third-order valence-corrected chi connectivity index (χ3v) is 6.66. The molecule has 2 fully saturated rings. The quantitative estimate of drug-likeness (QED) is 0.669. The highest BCUT2D eigenvalue weighted by atomic mass is 32.2. The van der Waals surface area contributed by atoms with E-state index in [2.05, 4.69) is 26.6 Å². The third-order valence-electron chi connectivity index (χ3n) is 5.59. The molecule has 7 heteroatoms. The number of aromatic nitrogens is 3. The van der Waals surface area contributed by atoms with E-state index in [-0.39, 0.29) is 11.2 Å². The molecule has 146 valence electrons. The van der Waals surface area contributed by atoms with Crippen LogP contribution in [0.5, 0.6) is 0 Å². The number of rotatable bonds is 7. The molecule has 2 unspecified atom stereocenters. The minimum Gasteiger partial charge on any atom is -0.467 e. The lowest BCUT2D eigenvalue weighted by molar-refractivity contribution is -0.134. The second-order valence-electron chi connectivity index (χ2n) is 7.63. The fourth-order valence-corrected chi connectivity index (χ4v) is 4.82. The van der Waals surface area contributed by atoms with E-state index >= 15 is 0 Å². The van der Waals surface area contributed by atoms with Crippen LogP contribution in [0.2, 0.25) is 0 Å². The minimum absolute atomic E-state index is 0.163. The smallest absolute Gasteiger partial charge is 0.236 e. The van der Waals surface area contributed by atoms with Gasteiger partial charge in [-0.15, -0.1) is 10.2 Å². The van der Waals surface area contributed by atoms with E-state index in [9.17, 15) is 4.79 Å². The molecule has 0 radical (unpaired) electrons. The molecule has 1 saturated heterocycles. The molecule has 2 atom stereocenters. The maximum absolute atomic E-state index is 13.1. The Kier molecular flexibility index (Phi) is 5.57. The Bertz CT molecular complexity index is 769. The van der Waals surface area contributed by atoms with E-state index < -0.39 is 0 Å². The van der Waals surface area contributed by atoms with E-state index in [1.807, 2.05) is 19.1 Å². The van der Waals surface area contributed by atoms with Crippen molar-refractivity contribution in [2.24, 2.45) is 0 Å². The van der Waals surface area contributed by atoms with Crippen LogP contribution in [0.1, 0.15) is 69.9 Å². The van der Waals surface area contributed by atoms with Crippen LogP contribution >= 0.6 is 11.8 Å². The second-order valence-corrected chi connectivity index (χ2v) is 8.94. The summed E-state index contributed by atoms with van der Waals surface area (Å²) in [5, 5.41) is 9.52. The van der Waals surface area contributed by atoms with Gasteiger partial charge in [0.05, 0.1) is 18.1 Å². The summed E-state index contributed by atoms with van der Waals surface area (Å²) in [5.74, 6) is 2.64. The normalized spacial score (nSPS) is 21.4. The number of carbonyl (C=O) groups excluding carboxylic acids is 1. The Morgan fingerprint density at radius 1 is 1.33 bits per heavy atom. The van der Waals surface area contributed by atoms with Crippen molar-refractivity contribution in [1.29, 1.82) is 0 Å². The van der Waals surface area contributed by atoms with E-state index in [4.69, 9.17) is 4.42 Å². The van der Waals surface area contributed by atoms with Crippen LogP contribution in [0.3, 0.4) is 0 Å². The summed E-state index contributed by atoms with van der Waals surface area (Å²) in [6, 6.07) is 4.26. The second kappa shape index (κ2) is 8.09. The van der Waals surface area contributed by atoms with Crippen molar-refractivity contribution in [3.8, 4) is 0 Å². The first kappa shape index (κ1) is 18.6. The van der Waals surface area contributed by atoms with Gasteiger partial charge in [0.15, 0.2) is 5.16 Å². The SMILES string of the molecule is CCC1CCCCN1C(=O)C(C)Sc1nnc(C2CC2)n1Cc1ccco1. The van der Waals surface area contributed by atoms with Gasteiger partial charge in [0.2, 0.25) is 5.91 Å². The summed E-state index contributed by atoms with van der Waals surface area (Å²) >= 11 is 1.53. The highest BCUT2D eigenvalue weighted by Crippen LogP contribution is 2.40. The standard InChI is InChI=1S/C20H28N4O2S/c1-3-16-7-4-5-11-23(16)19(25)14(2)27-20-22-21-18(15-9-10-15)24(20)13-17-8-6-12-26-17/h6,8,12,14-16H,3-5,7,9-11,13H2,1-2H3. The molecule has 2 aliphatic rings. The van der Waals surface area contributed by atoms with Gasteiger partial charge in [0.25, 0.3) is 0 Å². The lowest BCUT2D eigenvalue weighted by atomic mass is 10.00. The maximum atomic E-state index is 13.1. The van der Waals surface area contributed by atoms with E-state index in [0.29, 0.717) is 18.5 Å². The average Bonchev–Trinajstić information content (AvgIpc) is 3.27. The van der Waals surface area contributed by atoms with Crippen LogP contribution in [-0.2, 0) is 11.3 Å². The number of nitrogens with zero attached hydrogens (tertiary/aromatic N) is 4. The van der Waals surface area contributed by atoms with Crippen LogP contribution in [0.4, 0.5) is 0 Å². The fourth-order valence-electron chi connectivity index (χ4n) is 3.89. The highest BCUT2D eigenvalue weighted by Gasteiger charge is 2.33. The topological polar surface area (TPSA) is 64.2 Å². The van der Waals surface area contributed by atoms with Crippen molar-refractivity contribution >= 4 is 17.7 Å². The summed E-state index contributed by atoms with van der Waals surface area (Å²) in [6.45, 7) is 5.68. The van der Waals surface area contributed by atoms with Crippen molar-refractivity contribution in [2.75, 3.05) is 6.54 Å². The fraction of sp³-hybridized carbons (Fsp3) is 0.650. The summed E-state index contributed by atoms with van der Waals surface area (Å²) in [7, 11) is 0. The first-order chi connectivity index (χ1) is 13.2. The predicted molar refractivity (Wildman–Crippen MR) is 105 cm³/mol. The largest absolute Gasteiger partial charge is 0.467 e. The molecule has 1 aliphatic carbocycles. The lowest BCUT2D eigenvalue weighted by Crippen LogP contribution is -2.46. The Hall–Kier alpha value is -1.76. The van der Waals surface area contributed by atoms with Gasteiger partial charge in [-0.3, -0.25) is 9.36 Å². The Morgan fingerprint density at radius 2 is 2.19 bits per heavy atom. The minimum atomic E-state index is -0.163. The van der Waals surface area contributed by atoms with Gasteiger partial charge in [-0.25, -0.2) is 0 Å². The number of hydrogen-bond acceptors (Lipinski definition) is 5. The van der Waals surface area contributed by atoms with E-state index in [1.165, 1.54) is 31.0 Å². The van der Waals surface area contributed by atoms with Gasteiger partial charge in [0, 0.05) is 18.5 Å². The zero-order valence-corrected chi connectivity index (χ0v) is 17.0. The summed E-state index contributed by atoms with van der Waals surface area (Å²) in [6.07, 6.45) is 8.52. The van der Waals surface area contributed by atoms with Crippen LogP contribution < -0.4 is 0 Å². The number of thioether (sulfide) groups is 1. The highest BCUT2D eigenvalue weighted by molar-refractivity contribution is 8.00. The molecule has 1 aliphatic heterocycles. The third kappa shape index (κ3) is 4.08. The Labute approximate surface area is 164 Å². The van der Waals surface area contributed by atoms with E-state index in [1.54, 1.807) is 6.26 Å². The Balaban J connectivity index is 1.50. The van der Waals surface area contributed by atoms with Gasteiger partial charge >= 0.3 is 0 Å². The zero-order valence-electron chi connectivity index (χ0n) is 16.1. The molecule has 0 aromatic carbocycles. The predicted octanol–water partition coefficient (Wildman–Crippen LogP) is 4.07. The molecule has 2 aromatic rings. The lowest BCUT2D eigenvalue weighted by Gasteiger charge is -2.36. The van der Waals surface area contributed by atoms with Gasteiger partial charge in [0.1, 0.15) is 11.6 Å². The Morgan fingerprint density at radius 3 is 2.89 bits per heavy atom. The van der Waals surface area contributed by atoms with Crippen LogP contribution in [0, 0.1) is 0 Å². The van der Waals surface area contributed by atoms with Crippen molar-refractivity contribution in [3.63, 3.8) is 0 Å². The number of hydrogen-bond donors (Lipinski definition) is 0. The van der Waals surface area contributed by atoms with Crippen LogP contribution in [0.25, 0.3) is 0 Å². The average molecular weight is 389 g/mol. The van der Waals surface area contributed by atoms with Gasteiger partial charge < -0.3 is 9.32 Å². The van der Waals surface area contributed by atoms with Gasteiger partial charge in [-0.2, -0.15) is 0 Å². The van der Waals surface area contributed by atoms with Crippen LogP contribution in [0.15, 0.2) is 28.0 Å². The van der Waals surface area contributed by atoms with E-state index in [0.717, 1.165) is 42.5 Å². The molecule has 4 rings (SSSR count). The molecule has 1 amide bonds. The maximum Gasteiger partial charge on any atom is 0.236 e. The molecule has 0 N–H and O–H groups in total. The summed E-state index contributed by atoms with van der Waals surface area (Å²) in [4.78, 5) is 15.2. The first-order valence-corrected chi connectivity index (χ1v) is 11.0. The number of amides is 1. The number of carbonyl (C=O) groups is 1. The number of piperidine rings is 1.